The number of nitrogens with two attached hydrogens (primary N) is 2. The maximum absolute atomic E-state index is 12.1. The number of aliphatic hydroxyl groups is 1. The Hall–Kier alpha value is -2.73. The Morgan fingerprint density at radius 3 is 2.31 bits per heavy atom. The molecule has 0 aliphatic carbocycles. The van der Waals surface area contributed by atoms with E-state index in [1.54, 1.807) is 13.8 Å². The topological polar surface area (TPSA) is 209 Å². The molecule has 26 heavy (non-hydrogen) atoms. The van der Waals surface area contributed by atoms with Gasteiger partial charge in [0.15, 0.2) is 5.82 Å². The quantitative estimate of drug-likeness (QED) is 0.271. The van der Waals surface area contributed by atoms with Crippen LogP contribution in [0.25, 0.3) is 0 Å². The summed E-state index contributed by atoms with van der Waals surface area (Å²) < 4.78 is 0. The van der Waals surface area contributed by atoms with Crippen LogP contribution in [0.3, 0.4) is 0 Å². The van der Waals surface area contributed by atoms with E-state index in [-0.39, 0.29) is 24.0 Å². The van der Waals surface area contributed by atoms with Crippen LogP contribution in [0.2, 0.25) is 0 Å². The molecule has 1 rings (SSSR count). The van der Waals surface area contributed by atoms with Crippen molar-refractivity contribution in [3.63, 3.8) is 0 Å². The summed E-state index contributed by atoms with van der Waals surface area (Å²) in [6, 6.07) is -3.76. The molecule has 0 fully saturated rings. The Labute approximate surface area is 149 Å². The Balaban J connectivity index is 2.92. The molecule has 0 unspecified atom stereocenters. The number of carbonyl (C=O) groups excluding carboxylic acids is 2. The minimum Gasteiger partial charge on any atom is -0.480 e. The predicted molar refractivity (Wildman–Crippen MR) is 89.5 cm³/mol. The number of urea groups is 1. The zero-order valence-electron chi connectivity index (χ0n) is 14.8. The largest absolute Gasteiger partial charge is 0.480 e. The highest BCUT2D eigenvalue weighted by Gasteiger charge is 2.27. The van der Waals surface area contributed by atoms with E-state index in [2.05, 4.69) is 25.8 Å². The first-order chi connectivity index (χ1) is 12.0. The van der Waals surface area contributed by atoms with Gasteiger partial charge in [0.05, 0.1) is 24.6 Å². The van der Waals surface area contributed by atoms with E-state index in [9.17, 15) is 19.5 Å². The summed E-state index contributed by atoms with van der Waals surface area (Å²) in [6.45, 7) is 4.74. The molecule has 1 heterocycles. The van der Waals surface area contributed by atoms with Crippen LogP contribution in [0.15, 0.2) is 0 Å². The molecule has 0 spiro atoms. The monoisotopic (exact) mass is 371 g/mol. The van der Waals surface area contributed by atoms with Crippen molar-refractivity contribution in [2.45, 2.75) is 51.4 Å². The Morgan fingerprint density at radius 2 is 1.85 bits per heavy atom. The summed E-state index contributed by atoms with van der Waals surface area (Å²) >= 11 is 0. The second-order valence-electron chi connectivity index (χ2n) is 6.25. The van der Waals surface area contributed by atoms with Gasteiger partial charge in [-0.25, -0.2) is 14.6 Å². The van der Waals surface area contributed by atoms with Crippen LogP contribution in [0.5, 0.6) is 0 Å². The van der Waals surface area contributed by atoms with Crippen molar-refractivity contribution in [2.24, 2.45) is 17.4 Å². The molecular weight excluding hydrogens is 346 g/mol. The van der Waals surface area contributed by atoms with Crippen LogP contribution in [0.4, 0.5) is 4.79 Å². The molecule has 0 radical (unpaired) electrons. The molecule has 4 atom stereocenters. The van der Waals surface area contributed by atoms with E-state index >= 15 is 0 Å². The lowest BCUT2D eigenvalue weighted by Gasteiger charge is -2.21. The van der Waals surface area contributed by atoms with Crippen LogP contribution in [-0.2, 0) is 9.59 Å². The SMILES string of the molecule is CC(C)[C@H](NC(=O)N[C@@H](CC(N)=O)c1nc([C@@H](N)[C@H](C)O)n[nH]1)C(=O)O. The Morgan fingerprint density at radius 1 is 1.23 bits per heavy atom. The predicted octanol–water partition coefficient (Wildman–Crippen LogP) is -1.49. The third kappa shape index (κ3) is 5.97. The van der Waals surface area contributed by atoms with E-state index in [4.69, 9.17) is 16.6 Å². The molecule has 1 aromatic heterocycles. The number of hydrogen-bond donors (Lipinski definition) is 7. The molecule has 0 saturated heterocycles. The van der Waals surface area contributed by atoms with Gasteiger partial charge in [-0.3, -0.25) is 9.89 Å². The van der Waals surface area contributed by atoms with Gasteiger partial charge in [-0.05, 0) is 12.8 Å². The molecule has 0 saturated carbocycles. The van der Waals surface area contributed by atoms with Gasteiger partial charge in [0.2, 0.25) is 5.91 Å². The maximum atomic E-state index is 12.1. The van der Waals surface area contributed by atoms with Crippen molar-refractivity contribution >= 4 is 17.9 Å². The molecule has 0 aliphatic heterocycles. The highest BCUT2D eigenvalue weighted by molar-refractivity contribution is 5.83. The number of primary amides is 1. The average Bonchev–Trinajstić information content (AvgIpc) is 2.99. The number of amides is 3. The smallest absolute Gasteiger partial charge is 0.326 e. The second-order valence-corrected chi connectivity index (χ2v) is 6.25. The molecule has 146 valence electrons. The summed E-state index contributed by atoms with van der Waals surface area (Å²) in [4.78, 5) is 38.6. The molecule has 3 amide bonds. The first-order valence-corrected chi connectivity index (χ1v) is 7.96. The molecule has 9 N–H and O–H groups in total. The van der Waals surface area contributed by atoms with Crippen LogP contribution >= 0.6 is 0 Å². The van der Waals surface area contributed by atoms with Gasteiger partial charge in [-0.2, -0.15) is 5.10 Å². The van der Waals surface area contributed by atoms with Crippen molar-refractivity contribution in [2.75, 3.05) is 0 Å². The third-order valence-corrected chi connectivity index (χ3v) is 3.60. The Bertz CT molecular complexity index is 645. The number of aromatic nitrogens is 3. The van der Waals surface area contributed by atoms with Gasteiger partial charge in [0.1, 0.15) is 11.9 Å². The van der Waals surface area contributed by atoms with E-state index in [0.717, 1.165) is 0 Å². The van der Waals surface area contributed by atoms with Gasteiger partial charge in [-0.15, -0.1) is 0 Å². The second kappa shape index (κ2) is 9.10. The maximum Gasteiger partial charge on any atom is 0.326 e. The number of carboxylic acid groups (broad SMARTS) is 1. The van der Waals surface area contributed by atoms with E-state index < -0.39 is 42.1 Å². The zero-order valence-corrected chi connectivity index (χ0v) is 14.8. The molecule has 0 aromatic carbocycles. The lowest BCUT2D eigenvalue weighted by atomic mass is 10.1. The normalized spacial score (nSPS) is 15.8. The van der Waals surface area contributed by atoms with Crippen molar-refractivity contribution in [3.8, 4) is 0 Å². The average molecular weight is 371 g/mol. The highest BCUT2D eigenvalue weighted by Crippen LogP contribution is 2.16. The van der Waals surface area contributed by atoms with Crippen LogP contribution < -0.4 is 22.1 Å². The number of nitrogens with one attached hydrogen (secondary N) is 3. The van der Waals surface area contributed by atoms with Gasteiger partial charge in [-0.1, -0.05) is 13.8 Å². The molecule has 0 aliphatic rings. The summed E-state index contributed by atoms with van der Waals surface area (Å²) in [5.41, 5.74) is 10.9. The van der Waals surface area contributed by atoms with Gasteiger partial charge < -0.3 is 32.3 Å². The lowest BCUT2D eigenvalue weighted by Crippen LogP contribution is -2.49. The fourth-order valence-corrected chi connectivity index (χ4v) is 2.08. The minimum absolute atomic E-state index is 0.0947. The number of aromatic amines is 1. The number of aliphatic carboxylic acids is 1. The van der Waals surface area contributed by atoms with E-state index in [0.29, 0.717) is 0 Å². The van der Waals surface area contributed by atoms with Gasteiger partial charge in [0, 0.05) is 0 Å². The number of H-pyrrole nitrogens is 1. The van der Waals surface area contributed by atoms with Crippen LogP contribution in [0.1, 0.15) is 50.9 Å². The molecule has 0 bridgehead atoms. The summed E-state index contributed by atoms with van der Waals surface area (Å²) in [5, 5.41) is 29.7. The molecule has 12 nitrogen and oxygen atoms in total. The first-order valence-electron chi connectivity index (χ1n) is 7.96. The first kappa shape index (κ1) is 21.3. The summed E-state index contributed by atoms with van der Waals surface area (Å²) in [6.07, 6.45) is -1.21. The number of aliphatic hydroxyl groups excluding tert-OH is 1. The van der Waals surface area contributed by atoms with Crippen molar-refractivity contribution < 1.29 is 24.6 Å². The number of rotatable bonds is 9. The summed E-state index contributed by atoms with van der Waals surface area (Å²) in [7, 11) is 0. The fraction of sp³-hybridized carbons (Fsp3) is 0.643. The number of carboxylic acids is 1. The van der Waals surface area contributed by atoms with Gasteiger partial charge >= 0.3 is 12.0 Å². The van der Waals surface area contributed by atoms with Crippen LogP contribution in [0, 0.1) is 5.92 Å². The molecule has 12 heteroatoms. The standard InChI is InChI=1S/C14H25N7O5/c1-5(2)10(13(24)25)18-14(26)17-7(4-8(15)23)11-19-12(21-20-11)9(16)6(3)22/h5-7,9-10,22H,4,16H2,1-3H3,(H2,15,23)(H,24,25)(H2,17,18,26)(H,19,20,21)/t6-,7-,9-,10-/m0/s1. The third-order valence-electron chi connectivity index (χ3n) is 3.60. The molecular formula is C14H25N7O5. The highest BCUT2D eigenvalue weighted by atomic mass is 16.4. The minimum atomic E-state index is -1.19. The van der Waals surface area contributed by atoms with Crippen molar-refractivity contribution in [3.05, 3.63) is 11.6 Å². The van der Waals surface area contributed by atoms with Crippen LogP contribution in [-0.4, -0.2) is 55.4 Å². The number of hydrogen-bond acceptors (Lipinski definition) is 7. The number of nitrogens with zero attached hydrogens (tertiary/aromatic N) is 2. The molecule has 1 aromatic rings. The van der Waals surface area contributed by atoms with E-state index in [1.807, 2.05) is 0 Å². The fourth-order valence-electron chi connectivity index (χ4n) is 2.08. The Kier molecular flexibility index (Phi) is 7.46. The zero-order chi connectivity index (χ0) is 20.0. The lowest BCUT2D eigenvalue weighted by molar-refractivity contribution is -0.140. The summed E-state index contributed by atoms with van der Waals surface area (Å²) in [5.74, 6) is -2.06. The van der Waals surface area contributed by atoms with Crippen molar-refractivity contribution in [1.82, 2.24) is 25.8 Å². The number of carbonyl (C=O) groups is 3. The van der Waals surface area contributed by atoms with E-state index in [1.165, 1.54) is 6.92 Å². The van der Waals surface area contributed by atoms with Gasteiger partial charge in [0.25, 0.3) is 0 Å². The van der Waals surface area contributed by atoms with Crippen molar-refractivity contribution in [1.29, 1.82) is 0 Å².